The minimum Gasteiger partial charge on any atom is -0.389 e. The molecule has 104 valence electrons. The predicted molar refractivity (Wildman–Crippen MR) is 81.1 cm³/mol. The van der Waals surface area contributed by atoms with Crippen LogP contribution in [0, 0.1) is 5.92 Å². The fourth-order valence-electron chi connectivity index (χ4n) is 1.63. The maximum absolute atomic E-state index is 11.9. The van der Waals surface area contributed by atoms with Crippen LogP contribution in [0.1, 0.15) is 49.7 Å². The van der Waals surface area contributed by atoms with Gasteiger partial charge < -0.3 is 11.1 Å². The fourth-order valence-corrected chi connectivity index (χ4v) is 1.75. The van der Waals surface area contributed by atoms with Crippen molar-refractivity contribution in [3.63, 3.8) is 0 Å². The molecule has 0 aliphatic heterocycles. The van der Waals surface area contributed by atoms with Gasteiger partial charge in [-0.2, -0.15) is 0 Å². The van der Waals surface area contributed by atoms with Crippen molar-refractivity contribution in [1.82, 2.24) is 10.3 Å². The van der Waals surface area contributed by atoms with Crippen LogP contribution in [-0.2, 0) is 0 Å². The summed E-state index contributed by atoms with van der Waals surface area (Å²) >= 11 is 4.84. The molecule has 1 heterocycles. The lowest BCUT2D eigenvalue weighted by Crippen LogP contribution is -2.33. The Morgan fingerprint density at radius 3 is 2.53 bits per heavy atom. The molecule has 0 bridgehead atoms. The van der Waals surface area contributed by atoms with E-state index in [9.17, 15) is 4.79 Å². The van der Waals surface area contributed by atoms with E-state index in [-0.39, 0.29) is 16.9 Å². The average Bonchev–Trinajstić information content (AvgIpc) is 2.36. The van der Waals surface area contributed by atoms with Gasteiger partial charge >= 0.3 is 0 Å². The van der Waals surface area contributed by atoms with Crippen LogP contribution in [0.25, 0.3) is 0 Å². The first-order valence-electron chi connectivity index (χ1n) is 6.47. The van der Waals surface area contributed by atoms with Gasteiger partial charge in [0.25, 0.3) is 5.91 Å². The lowest BCUT2D eigenvalue weighted by molar-refractivity contribution is 0.0932. The molecule has 3 N–H and O–H groups in total. The van der Waals surface area contributed by atoms with Gasteiger partial charge in [-0.1, -0.05) is 26.1 Å². The molecule has 1 rings (SSSR count). The molecule has 0 radical (unpaired) electrons. The highest BCUT2D eigenvalue weighted by molar-refractivity contribution is 7.80. The van der Waals surface area contributed by atoms with Gasteiger partial charge in [0.05, 0.1) is 0 Å². The van der Waals surface area contributed by atoms with Crippen LogP contribution in [0.4, 0.5) is 0 Å². The van der Waals surface area contributed by atoms with Gasteiger partial charge in [-0.15, -0.1) is 0 Å². The quantitative estimate of drug-likeness (QED) is 0.784. The van der Waals surface area contributed by atoms with E-state index in [0.29, 0.717) is 17.2 Å². The summed E-state index contributed by atoms with van der Waals surface area (Å²) in [5, 5.41) is 2.93. The highest BCUT2D eigenvalue weighted by Crippen LogP contribution is 2.07. The molecule has 5 heteroatoms. The summed E-state index contributed by atoms with van der Waals surface area (Å²) in [7, 11) is 0. The third-order valence-corrected chi connectivity index (χ3v) is 3.07. The van der Waals surface area contributed by atoms with E-state index in [4.69, 9.17) is 18.0 Å². The second-order valence-corrected chi connectivity index (χ2v) is 5.58. The second-order valence-electron chi connectivity index (χ2n) is 5.14. The van der Waals surface area contributed by atoms with Crippen molar-refractivity contribution in [2.75, 3.05) is 0 Å². The number of hydrogen-bond donors (Lipinski definition) is 2. The Labute approximate surface area is 119 Å². The van der Waals surface area contributed by atoms with E-state index in [1.165, 1.54) is 6.20 Å². The second kappa shape index (κ2) is 7.19. The Bertz CT molecular complexity index is 443. The third kappa shape index (κ3) is 5.34. The van der Waals surface area contributed by atoms with Gasteiger partial charge in [0.2, 0.25) is 0 Å². The molecular formula is C14H21N3OS. The molecule has 1 aromatic rings. The number of aromatic nitrogens is 1. The van der Waals surface area contributed by atoms with E-state index >= 15 is 0 Å². The predicted octanol–water partition coefficient (Wildman–Crippen LogP) is 2.27. The lowest BCUT2D eigenvalue weighted by atomic mass is 10.0. The molecule has 0 aliphatic carbocycles. The zero-order chi connectivity index (χ0) is 14.4. The summed E-state index contributed by atoms with van der Waals surface area (Å²) in [6.45, 7) is 6.35. The van der Waals surface area contributed by atoms with E-state index < -0.39 is 0 Å². The molecule has 0 aromatic carbocycles. The molecule has 4 nitrogen and oxygen atoms in total. The van der Waals surface area contributed by atoms with Crippen LogP contribution in [0.5, 0.6) is 0 Å². The number of nitrogens with one attached hydrogen (secondary N) is 1. The number of carbonyl (C=O) groups excluding carboxylic acids is 1. The molecule has 1 unspecified atom stereocenters. The van der Waals surface area contributed by atoms with Crippen LogP contribution < -0.4 is 11.1 Å². The first-order chi connectivity index (χ1) is 8.90. The van der Waals surface area contributed by atoms with Gasteiger partial charge in [0, 0.05) is 17.8 Å². The van der Waals surface area contributed by atoms with Crippen molar-refractivity contribution >= 4 is 23.1 Å². The smallest absolute Gasteiger partial charge is 0.270 e. The van der Waals surface area contributed by atoms with Crippen LogP contribution in [0.3, 0.4) is 0 Å². The van der Waals surface area contributed by atoms with Crippen LogP contribution in [0.15, 0.2) is 18.3 Å². The highest BCUT2D eigenvalue weighted by atomic mass is 32.1. The number of thiocarbonyl (C=S) groups is 1. The van der Waals surface area contributed by atoms with Crippen LogP contribution >= 0.6 is 12.2 Å². The summed E-state index contributed by atoms with van der Waals surface area (Å²) in [5.41, 5.74) is 6.53. The SMILES string of the molecule is CC(C)CCC(C)NC(=O)c1ccc(C(N)=S)cn1. The van der Waals surface area contributed by atoms with E-state index in [2.05, 4.69) is 24.1 Å². The third-order valence-electron chi connectivity index (χ3n) is 2.84. The summed E-state index contributed by atoms with van der Waals surface area (Å²) in [6, 6.07) is 3.49. The van der Waals surface area contributed by atoms with Gasteiger partial charge in [0.15, 0.2) is 0 Å². The molecule has 0 fully saturated rings. The molecule has 19 heavy (non-hydrogen) atoms. The Morgan fingerprint density at radius 1 is 1.37 bits per heavy atom. The van der Waals surface area contributed by atoms with E-state index in [1.54, 1.807) is 12.1 Å². The van der Waals surface area contributed by atoms with E-state index in [1.807, 2.05) is 6.92 Å². The number of carbonyl (C=O) groups is 1. The zero-order valence-corrected chi connectivity index (χ0v) is 12.5. The number of rotatable bonds is 6. The highest BCUT2D eigenvalue weighted by Gasteiger charge is 2.11. The Hall–Kier alpha value is -1.49. The Balaban J connectivity index is 2.55. The van der Waals surface area contributed by atoms with Gasteiger partial charge in [0.1, 0.15) is 10.7 Å². The number of amides is 1. The average molecular weight is 279 g/mol. The first kappa shape index (κ1) is 15.6. The molecule has 1 amide bonds. The van der Waals surface area contributed by atoms with Crippen LogP contribution in [-0.4, -0.2) is 21.9 Å². The number of nitrogens with zero attached hydrogens (tertiary/aromatic N) is 1. The van der Waals surface area contributed by atoms with Gasteiger partial charge in [-0.25, -0.2) is 0 Å². The fraction of sp³-hybridized carbons (Fsp3) is 0.500. The number of nitrogens with two attached hydrogens (primary N) is 1. The maximum Gasteiger partial charge on any atom is 0.270 e. The van der Waals surface area contributed by atoms with E-state index in [0.717, 1.165) is 12.8 Å². The van der Waals surface area contributed by atoms with Gasteiger partial charge in [-0.05, 0) is 37.8 Å². The van der Waals surface area contributed by atoms with Crippen molar-refractivity contribution in [2.45, 2.75) is 39.7 Å². The normalized spacial score (nSPS) is 12.2. The largest absolute Gasteiger partial charge is 0.389 e. The molecule has 0 saturated carbocycles. The van der Waals surface area contributed by atoms with Gasteiger partial charge in [-0.3, -0.25) is 9.78 Å². The molecule has 1 aromatic heterocycles. The molecular weight excluding hydrogens is 258 g/mol. The summed E-state index contributed by atoms with van der Waals surface area (Å²) in [5.74, 6) is 0.480. The molecule has 0 aliphatic rings. The maximum atomic E-state index is 11.9. The molecule has 0 saturated heterocycles. The lowest BCUT2D eigenvalue weighted by Gasteiger charge is -2.14. The van der Waals surface area contributed by atoms with Crippen molar-refractivity contribution in [3.8, 4) is 0 Å². The zero-order valence-electron chi connectivity index (χ0n) is 11.6. The van der Waals surface area contributed by atoms with Crippen molar-refractivity contribution in [1.29, 1.82) is 0 Å². The monoisotopic (exact) mass is 279 g/mol. The molecule has 1 atom stereocenters. The Kier molecular flexibility index (Phi) is 5.89. The number of pyridine rings is 1. The number of hydrogen-bond acceptors (Lipinski definition) is 3. The summed E-state index contributed by atoms with van der Waals surface area (Å²) in [6.07, 6.45) is 3.58. The minimum absolute atomic E-state index is 0.145. The topological polar surface area (TPSA) is 68.0 Å². The first-order valence-corrected chi connectivity index (χ1v) is 6.87. The standard InChI is InChI=1S/C14H21N3OS/c1-9(2)4-5-10(3)17-14(18)12-7-6-11(8-16-12)13(15)19/h6-10H,4-5H2,1-3H3,(H2,15,19)(H,17,18). The van der Waals surface area contributed by atoms with Crippen LogP contribution in [0.2, 0.25) is 0 Å². The summed E-state index contributed by atoms with van der Waals surface area (Å²) < 4.78 is 0. The Morgan fingerprint density at radius 2 is 2.05 bits per heavy atom. The van der Waals surface area contributed by atoms with Crippen molar-refractivity contribution in [2.24, 2.45) is 11.7 Å². The summed E-state index contributed by atoms with van der Waals surface area (Å²) in [4.78, 5) is 16.3. The molecule has 0 spiro atoms. The van der Waals surface area contributed by atoms with Crippen molar-refractivity contribution in [3.05, 3.63) is 29.6 Å². The van der Waals surface area contributed by atoms with Crippen molar-refractivity contribution < 1.29 is 4.79 Å². The minimum atomic E-state index is -0.161.